The Hall–Kier alpha value is -3.46. The lowest BCUT2D eigenvalue weighted by atomic mass is 10.1. The summed E-state index contributed by atoms with van der Waals surface area (Å²) >= 11 is 0. The van der Waals surface area contributed by atoms with Crippen LogP contribution in [0.5, 0.6) is 0 Å². The number of anilines is 1. The van der Waals surface area contributed by atoms with E-state index in [-0.39, 0.29) is 12.1 Å². The third kappa shape index (κ3) is 6.79. The molecule has 2 aromatic carbocycles. The van der Waals surface area contributed by atoms with Gasteiger partial charge >= 0.3 is 12.2 Å². The summed E-state index contributed by atoms with van der Waals surface area (Å²) in [6.07, 6.45) is -1.98. The van der Waals surface area contributed by atoms with E-state index in [4.69, 9.17) is 4.42 Å². The summed E-state index contributed by atoms with van der Waals surface area (Å²) in [7, 11) is 0. The topological polar surface area (TPSA) is 60.8 Å². The molecule has 0 spiro atoms. The predicted molar refractivity (Wildman–Crippen MR) is 128 cm³/mol. The summed E-state index contributed by atoms with van der Waals surface area (Å²) in [4.78, 5) is 16.8. The molecule has 1 saturated heterocycles. The molecule has 0 bridgehead atoms. The van der Waals surface area contributed by atoms with Gasteiger partial charge in [-0.05, 0) is 48.9 Å². The fourth-order valence-electron chi connectivity index (χ4n) is 4.22. The Morgan fingerprint density at radius 2 is 1.74 bits per heavy atom. The van der Waals surface area contributed by atoms with E-state index in [1.165, 1.54) is 12.1 Å². The SMILES string of the molecule is O=C(NCCCN1CCN(c2cccc(C(F)(F)F)c2)CC1)NC(c1ccccc1)c1ccco1. The van der Waals surface area contributed by atoms with Crippen LogP contribution in [-0.4, -0.2) is 50.2 Å². The van der Waals surface area contributed by atoms with Crippen molar-refractivity contribution in [2.75, 3.05) is 44.2 Å². The molecule has 0 saturated carbocycles. The molecule has 4 rings (SSSR count). The average molecular weight is 487 g/mol. The molecule has 1 atom stereocenters. The van der Waals surface area contributed by atoms with Crippen LogP contribution in [0.2, 0.25) is 0 Å². The van der Waals surface area contributed by atoms with Crippen LogP contribution in [0.3, 0.4) is 0 Å². The maximum absolute atomic E-state index is 13.0. The fraction of sp³-hybridized carbons (Fsp3) is 0.346. The average Bonchev–Trinajstić information content (AvgIpc) is 3.40. The summed E-state index contributed by atoms with van der Waals surface area (Å²) in [6, 6.07) is 18.1. The van der Waals surface area contributed by atoms with E-state index in [1.807, 2.05) is 41.3 Å². The number of furan rings is 1. The van der Waals surface area contributed by atoms with Crippen LogP contribution >= 0.6 is 0 Å². The Labute approximate surface area is 202 Å². The minimum atomic E-state index is -4.34. The maximum Gasteiger partial charge on any atom is 0.416 e. The van der Waals surface area contributed by atoms with Gasteiger partial charge in [0.25, 0.3) is 0 Å². The molecular formula is C26H29F3N4O2. The van der Waals surface area contributed by atoms with Gasteiger partial charge in [-0.2, -0.15) is 13.2 Å². The Morgan fingerprint density at radius 1 is 0.971 bits per heavy atom. The van der Waals surface area contributed by atoms with Crippen LogP contribution in [-0.2, 0) is 6.18 Å². The number of benzene rings is 2. The predicted octanol–water partition coefficient (Wildman–Crippen LogP) is 4.90. The zero-order valence-electron chi connectivity index (χ0n) is 19.3. The molecule has 3 aromatic rings. The highest BCUT2D eigenvalue weighted by molar-refractivity contribution is 5.74. The second-order valence-electron chi connectivity index (χ2n) is 8.49. The van der Waals surface area contributed by atoms with Gasteiger partial charge in [0, 0.05) is 38.4 Å². The molecule has 1 fully saturated rings. The van der Waals surface area contributed by atoms with Crippen molar-refractivity contribution in [3.8, 4) is 0 Å². The lowest BCUT2D eigenvalue weighted by molar-refractivity contribution is -0.137. The van der Waals surface area contributed by atoms with Crippen molar-refractivity contribution in [1.82, 2.24) is 15.5 Å². The highest BCUT2D eigenvalue weighted by Crippen LogP contribution is 2.32. The number of amides is 2. The van der Waals surface area contributed by atoms with Gasteiger partial charge in [0.2, 0.25) is 0 Å². The highest BCUT2D eigenvalue weighted by atomic mass is 19.4. The van der Waals surface area contributed by atoms with E-state index < -0.39 is 11.7 Å². The molecule has 2 heterocycles. The van der Waals surface area contributed by atoms with Crippen molar-refractivity contribution >= 4 is 11.7 Å². The first kappa shape index (κ1) is 24.7. The highest BCUT2D eigenvalue weighted by Gasteiger charge is 2.31. The fourth-order valence-corrected chi connectivity index (χ4v) is 4.22. The number of piperazine rings is 1. The lowest BCUT2D eigenvalue weighted by Crippen LogP contribution is -2.47. The zero-order chi connectivity index (χ0) is 24.7. The van der Waals surface area contributed by atoms with E-state index in [1.54, 1.807) is 18.4 Å². The molecule has 1 aliphatic rings. The number of hydrogen-bond acceptors (Lipinski definition) is 4. The van der Waals surface area contributed by atoms with Gasteiger partial charge in [-0.3, -0.25) is 4.90 Å². The Balaban J connectivity index is 1.19. The van der Waals surface area contributed by atoms with Crippen molar-refractivity contribution in [2.45, 2.75) is 18.6 Å². The van der Waals surface area contributed by atoms with Gasteiger partial charge in [0.05, 0.1) is 11.8 Å². The van der Waals surface area contributed by atoms with Crippen LogP contribution in [0.15, 0.2) is 77.4 Å². The third-order valence-electron chi connectivity index (χ3n) is 6.08. The monoisotopic (exact) mass is 486 g/mol. The molecular weight excluding hydrogens is 457 g/mol. The van der Waals surface area contributed by atoms with Crippen molar-refractivity contribution in [3.63, 3.8) is 0 Å². The van der Waals surface area contributed by atoms with E-state index >= 15 is 0 Å². The molecule has 1 aliphatic heterocycles. The van der Waals surface area contributed by atoms with Gasteiger partial charge in [0.1, 0.15) is 11.8 Å². The molecule has 1 unspecified atom stereocenters. The van der Waals surface area contributed by atoms with Crippen LogP contribution in [0.25, 0.3) is 0 Å². The third-order valence-corrected chi connectivity index (χ3v) is 6.08. The van der Waals surface area contributed by atoms with Gasteiger partial charge in [-0.25, -0.2) is 4.79 Å². The first-order chi connectivity index (χ1) is 16.9. The van der Waals surface area contributed by atoms with Gasteiger partial charge in [-0.15, -0.1) is 0 Å². The molecule has 2 amide bonds. The van der Waals surface area contributed by atoms with Crippen molar-refractivity contribution in [2.24, 2.45) is 0 Å². The number of alkyl halides is 3. The Morgan fingerprint density at radius 3 is 2.43 bits per heavy atom. The second kappa shape index (κ2) is 11.3. The van der Waals surface area contributed by atoms with Crippen LogP contribution in [0.4, 0.5) is 23.7 Å². The van der Waals surface area contributed by atoms with Gasteiger partial charge < -0.3 is 20.0 Å². The first-order valence-electron chi connectivity index (χ1n) is 11.7. The largest absolute Gasteiger partial charge is 0.467 e. The Kier molecular flexibility index (Phi) is 7.97. The van der Waals surface area contributed by atoms with E-state index in [0.29, 0.717) is 31.1 Å². The van der Waals surface area contributed by atoms with Gasteiger partial charge in [-0.1, -0.05) is 36.4 Å². The molecule has 2 N–H and O–H groups in total. The minimum Gasteiger partial charge on any atom is -0.467 e. The standard InChI is InChI=1S/C26H29F3N4O2/c27-26(28,29)21-9-4-10-22(19-21)33-16-14-32(15-17-33)13-6-12-30-25(34)31-24(23-11-5-18-35-23)20-7-2-1-3-8-20/h1-5,7-11,18-19,24H,6,12-17H2,(H2,30,31,34). The van der Waals surface area contributed by atoms with E-state index in [9.17, 15) is 18.0 Å². The minimum absolute atomic E-state index is 0.274. The zero-order valence-corrected chi connectivity index (χ0v) is 19.3. The molecule has 186 valence electrons. The van der Waals surface area contributed by atoms with Crippen molar-refractivity contribution in [1.29, 1.82) is 0 Å². The number of nitrogens with one attached hydrogen (secondary N) is 2. The number of nitrogens with zero attached hydrogens (tertiary/aromatic N) is 2. The quantitative estimate of drug-likeness (QED) is 0.445. The van der Waals surface area contributed by atoms with E-state index in [0.717, 1.165) is 37.7 Å². The van der Waals surface area contributed by atoms with Crippen LogP contribution in [0, 0.1) is 0 Å². The molecule has 1 aromatic heterocycles. The van der Waals surface area contributed by atoms with Crippen molar-refractivity contribution in [3.05, 3.63) is 89.9 Å². The molecule has 6 nitrogen and oxygen atoms in total. The summed E-state index contributed by atoms with van der Waals surface area (Å²) in [6.45, 7) is 4.17. The summed E-state index contributed by atoms with van der Waals surface area (Å²) in [5.41, 5.74) is 0.905. The number of hydrogen-bond donors (Lipinski definition) is 2. The summed E-state index contributed by atoms with van der Waals surface area (Å²) in [5, 5.41) is 5.87. The Bertz CT molecular complexity index is 1070. The smallest absolute Gasteiger partial charge is 0.416 e. The number of urea groups is 1. The van der Waals surface area contributed by atoms with Gasteiger partial charge in [0.15, 0.2) is 0 Å². The van der Waals surface area contributed by atoms with E-state index in [2.05, 4.69) is 15.5 Å². The van der Waals surface area contributed by atoms with Crippen LogP contribution in [0.1, 0.15) is 29.3 Å². The second-order valence-corrected chi connectivity index (χ2v) is 8.49. The van der Waals surface area contributed by atoms with Crippen molar-refractivity contribution < 1.29 is 22.4 Å². The molecule has 9 heteroatoms. The molecule has 0 radical (unpaired) electrons. The first-order valence-corrected chi connectivity index (χ1v) is 11.7. The number of carbonyl (C=O) groups excluding carboxylic acids is 1. The maximum atomic E-state index is 13.0. The molecule has 0 aliphatic carbocycles. The number of rotatable bonds is 8. The summed E-state index contributed by atoms with van der Waals surface area (Å²) in [5.74, 6) is 0.657. The normalized spacial score (nSPS) is 15.6. The summed E-state index contributed by atoms with van der Waals surface area (Å²) < 4.78 is 44.5. The number of halogens is 3. The lowest BCUT2D eigenvalue weighted by Gasteiger charge is -2.36. The molecule has 35 heavy (non-hydrogen) atoms. The van der Waals surface area contributed by atoms with Crippen LogP contribution < -0.4 is 15.5 Å². The number of carbonyl (C=O) groups is 1.